The van der Waals surface area contributed by atoms with Crippen molar-refractivity contribution in [3.63, 3.8) is 0 Å². The van der Waals surface area contributed by atoms with Crippen molar-refractivity contribution in [2.24, 2.45) is 5.73 Å². The highest BCUT2D eigenvalue weighted by molar-refractivity contribution is 5.97. The van der Waals surface area contributed by atoms with Gasteiger partial charge in [-0.2, -0.15) is 0 Å². The molecule has 2 heterocycles. The van der Waals surface area contributed by atoms with E-state index >= 15 is 0 Å². The highest BCUT2D eigenvalue weighted by Gasteiger charge is 2.22. The van der Waals surface area contributed by atoms with Crippen molar-refractivity contribution in [2.75, 3.05) is 31.1 Å². The van der Waals surface area contributed by atoms with E-state index in [-0.39, 0.29) is 5.91 Å². The van der Waals surface area contributed by atoms with E-state index in [1.165, 1.54) is 5.56 Å². The minimum Gasteiger partial charge on any atom is -0.365 e. The van der Waals surface area contributed by atoms with Crippen LogP contribution in [0.4, 0.5) is 5.82 Å². The minimum absolute atomic E-state index is 0.174. The van der Waals surface area contributed by atoms with Crippen LogP contribution in [0.5, 0.6) is 0 Å². The number of benzene rings is 1. The topological polar surface area (TPSA) is 79.5 Å². The number of aryl methyl sites for hydroxylation is 2. The second kappa shape index (κ2) is 8.66. The third kappa shape index (κ3) is 4.84. The molecular formula is C21H26N4O2. The minimum atomic E-state index is -0.474. The summed E-state index contributed by atoms with van der Waals surface area (Å²) in [5.41, 5.74) is 7.97. The molecule has 0 atom stereocenters. The van der Waals surface area contributed by atoms with Crippen LogP contribution in [0.1, 0.15) is 34.5 Å². The number of hydrogen-bond donors (Lipinski definition) is 1. The van der Waals surface area contributed by atoms with E-state index in [9.17, 15) is 9.59 Å². The number of carbonyl (C=O) groups is 2. The Bertz CT molecular complexity index is 807. The summed E-state index contributed by atoms with van der Waals surface area (Å²) in [5.74, 6) is 0.326. The molecule has 142 valence electrons. The second-order valence-corrected chi connectivity index (χ2v) is 6.90. The zero-order valence-electron chi connectivity index (χ0n) is 15.7. The van der Waals surface area contributed by atoms with Gasteiger partial charge in [0.1, 0.15) is 5.82 Å². The summed E-state index contributed by atoms with van der Waals surface area (Å²) in [7, 11) is 0. The van der Waals surface area contributed by atoms with E-state index in [4.69, 9.17) is 5.73 Å². The Morgan fingerprint density at radius 2 is 1.81 bits per heavy atom. The van der Waals surface area contributed by atoms with Crippen molar-refractivity contribution in [1.29, 1.82) is 0 Å². The van der Waals surface area contributed by atoms with Crippen LogP contribution in [0.3, 0.4) is 0 Å². The van der Waals surface area contributed by atoms with Gasteiger partial charge < -0.3 is 15.5 Å². The largest absolute Gasteiger partial charge is 0.365 e. The SMILES string of the molecule is Cc1ccc(C(N)=O)c(N2CCCN(C(=O)CCc3ccccc3)CC2)n1. The van der Waals surface area contributed by atoms with Crippen LogP contribution in [-0.4, -0.2) is 47.9 Å². The smallest absolute Gasteiger partial charge is 0.252 e. The maximum Gasteiger partial charge on any atom is 0.252 e. The number of hydrogen-bond acceptors (Lipinski definition) is 4. The molecule has 2 aromatic rings. The van der Waals surface area contributed by atoms with Crippen LogP contribution < -0.4 is 10.6 Å². The lowest BCUT2D eigenvalue weighted by Crippen LogP contribution is -2.36. The number of anilines is 1. The Hall–Kier alpha value is -2.89. The fourth-order valence-corrected chi connectivity index (χ4v) is 3.41. The van der Waals surface area contributed by atoms with Crippen LogP contribution in [0.25, 0.3) is 0 Å². The van der Waals surface area contributed by atoms with Gasteiger partial charge in [-0.1, -0.05) is 30.3 Å². The summed E-state index contributed by atoms with van der Waals surface area (Å²) >= 11 is 0. The highest BCUT2D eigenvalue weighted by atomic mass is 16.2. The molecule has 0 bridgehead atoms. The Morgan fingerprint density at radius 3 is 2.56 bits per heavy atom. The van der Waals surface area contributed by atoms with E-state index < -0.39 is 5.91 Å². The zero-order valence-corrected chi connectivity index (χ0v) is 15.7. The summed E-state index contributed by atoms with van der Waals surface area (Å²) < 4.78 is 0. The average Bonchev–Trinajstić information content (AvgIpc) is 2.93. The van der Waals surface area contributed by atoms with Crippen molar-refractivity contribution in [2.45, 2.75) is 26.2 Å². The monoisotopic (exact) mass is 366 g/mol. The third-order valence-electron chi connectivity index (χ3n) is 4.90. The predicted octanol–water partition coefficient (Wildman–Crippen LogP) is 2.16. The normalized spacial score (nSPS) is 14.7. The van der Waals surface area contributed by atoms with Gasteiger partial charge in [0.15, 0.2) is 0 Å². The third-order valence-corrected chi connectivity index (χ3v) is 4.90. The van der Waals surface area contributed by atoms with Gasteiger partial charge >= 0.3 is 0 Å². The molecule has 1 aromatic heterocycles. The summed E-state index contributed by atoms with van der Waals surface area (Å²) in [6.07, 6.45) is 2.11. The molecular weight excluding hydrogens is 340 g/mol. The number of amides is 2. The second-order valence-electron chi connectivity index (χ2n) is 6.90. The Labute approximate surface area is 160 Å². The molecule has 0 radical (unpaired) electrons. The molecule has 1 saturated heterocycles. The van der Waals surface area contributed by atoms with Crippen molar-refractivity contribution >= 4 is 17.6 Å². The quantitative estimate of drug-likeness (QED) is 0.879. The molecule has 1 aromatic carbocycles. The molecule has 0 spiro atoms. The number of nitrogens with zero attached hydrogens (tertiary/aromatic N) is 3. The fourth-order valence-electron chi connectivity index (χ4n) is 3.41. The Balaban J connectivity index is 1.63. The lowest BCUT2D eigenvalue weighted by molar-refractivity contribution is -0.130. The van der Waals surface area contributed by atoms with E-state index in [0.29, 0.717) is 30.9 Å². The number of primary amides is 1. The first-order chi connectivity index (χ1) is 13.0. The zero-order chi connectivity index (χ0) is 19.2. The summed E-state index contributed by atoms with van der Waals surface area (Å²) in [6.45, 7) is 4.64. The molecule has 6 heteroatoms. The van der Waals surface area contributed by atoms with Crippen LogP contribution in [0.2, 0.25) is 0 Å². The number of aromatic nitrogens is 1. The first-order valence-corrected chi connectivity index (χ1v) is 9.38. The lowest BCUT2D eigenvalue weighted by Gasteiger charge is -2.24. The molecule has 0 unspecified atom stereocenters. The van der Waals surface area contributed by atoms with Crippen molar-refractivity contribution in [3.8, 4) is 0 Å². The Kier molecular flexibility index (Phi) is 6.06. The fraction of sp³-hybridized carbons (Fsp3) is 0.381. The molecule has 0 aliphatic carbocycles. The lowest BCUT2D eigenvalue weighted by atomic mass is 10.1. The highest BCUT2D eigenvalue weighted by Crippen LogP contribution is 2.20. The van der Waals surface area contributed by atoms with E-state index in [1.54, 1.807) is 12.1 Å². The molecule has 27 heavy (non-hydrogen) atoms. The van der Waals surface area contributed by atoms with Crippen molar-refractivity contribution in [3.05, 3.63) is 59.3 Å². The van der Waals surface area contributed by atoms with Gasteiger partial charge in [-0.05, 0) is 37.5 Å². The first kappa shape index (κ1) is 18.9. The Morgan fingerprint density at radius 1 is 1.04 bits per heavy atom. The molecule has 1 aliphatic heterocycles. The predicted molar refractivity (Wildman–Crippen MR) is 106 cm³/mol. The van der Waals surface area contributed by atoms with Crippen LogP contribution in [0.15, 0.2) is 42.5 Å². The van der Waals surface area contributed by atoms with Crippen LogP contribution >= 0.6 is 0 Å². The number of rotatable bonds is 5. The number of nitrogens with two attached hydrogens (primary N) is 1. The van der Waals surface area contributed by atoms with Gasteiger partial charge in [-0.25, -0.2) is 4.98 Å². The van der Waals surface area contributed by atoms with Crippen LogP contribution in [0, 0.1) is 6.92 Å². The maximum absolute atomic E-state index is 12.6. The standard InChI is InChI=1S/C21H26N4O2/c1-16-8-10-18(20(22)27)21(23-16)25-13-5-12-24(14-15-25)19(26)11-9-17-6-3-2-4-7-17/h2-4,6-8,10H,5,9,11-15H2,1H3,(H2,22,27). The molecule has 0 saturated carbocycles. The maximum atomic E-state index is 12.6. The number of pyridine rings is 1. The van der Waals surface area contributed by atoms with E-state index in [1.807, 2.05) is 42.2 Å². The van der Waals surface area contributed by atoms with Gasteiger partial charge in [0, 0.05) is 38.3 Å². The van der Waals surface area contributed by atoms with E-state index in [2.05, 4.69) is 9.88 Å². The molecule has 6 nitrogen and oxygen atoms in total. The molecule has 3 rings (SSSR count). The average molecular weight is 366 g/mol. The number of carbonyl (C=O) groups excluding carboxylic acids is 2. The summed E-state index contributed by atoms with van der Waals surface area (Å²) in [5, 5.41) is 0. The summed E-state index contributed by atoms with van der Waals surface area (Å²) in [6, 6.07) is 13.6. The molecule has 2 amide bonds. The molecule has 1 aliphatic rings. The first-order valence-electron chi connectivity index (χ1n) is 9.38. The van der Waals surface area contributed by atoms with Gasteiger partial charge in [-0.3, -0.25) is 9.59 Å². The van der Waals surface area contributed by atoms with Gasteiger partial charge in [0.2, 0.25) is 5.91 Å². The molecule has 2 N–H and O–H groups in total. The van der Waals surface area contributed by atoms with Gasteiger partial charge in [0.25, 0.3) is 5.91 Å². The van der Waals surface area contributed by atoms with Gasteiger partial charge in [0.05, 0.1) is 5.56 Å². The van der Waals surface area contributed by atoms with Crippen molar-refractivity contribution < 1.29 is 9.59 Å². The van der Waals surface area contributed by atoms with Crippen molar-refractivity contribution in [1.82, 2.24) is 9.88 Å². The summed E-state index contributed by atoms with van der Waals surface area (Å²) in [4.78, 5) is 32.9. The van der Waals surface area contributed by atoms with Gasteiger partial charge in [-0.15, -0.1) is 0 Å². The van der Waals surface area contributed by atoms with E-state index in [0.717, 1.165) is 31.6 Å². The van der Waals surface area contributed by atoms with Crippen LogP contribution in [-0.2, 0) is 11.2 Å². The molecule has 1 fully saturated rings.